The summed E-state index contributed by atoms with van der Waals surface area (Å²) in [6, 6.07) is 8.61. The van der Waals surface area contributed by atoms with Crippen LogP contribution in [0.25, 0.3) is 10.9 Å². The van der Waals surface area contributed by atoms with Crippen LogP contribution in [-0.4, -0.2) is 40.7 Å². The SMILES string of the molecule is O=C1CN(C(=O)c2cc(Cl)c3ccccc3n2)CC(=O)N1. The second-order valence-electron chi connectivity index (χ2n) is 4.64. The summed E-state index contributed by atoms with van der Waals surface area (Å²) in [5.74, 6) is -1.51. The molecule has 0 spiro atoms. The first-order valence-corrected chi connectivity index (χ1v) is 6.59. The number of amides is 3. The van der Waals surface area contributed by atoms with Crippen molar-refractivity contribution in [2.24, 2.45) is 0 Å². The third kappa shape index (κ3) is 2.57. The molecule has 6 nitrogen and oxygen atoms in total. The number of rotatable bonds is 1. The van der Waals surface area contributed by atoms with Gasteiger partial charge in [-0.05, 0) is 12.1 Å². The Morgan fingerprint density at radius 1 is 1.19 bits per heavy atom. The first-order valence-electron chi connectivity index (χ1n) is 6.22. The standard InChI is InChI=1S/C14H10ClN3O3/c15-9-5-11(16-10-4-2-1-3-8(9)10)14(21)18-6-12(19)17-13(20)7-18/h1-5H,6-7H2,(H,17,19,20). The summed E-state index contributed by atoms with van der Waals surface area (Å²) in [7, 11) is 0. The van der Waals surface area contributed by atoms with Gasteiger partial charge in [0.1, 0.15) is 18.8 Å². The van der Waals surface area contributed by atoms with Gasteiger partial charge in [0.05, 0.1) is 10.5 Å². The highest BCUT2D eigenvalue weighted by Crippen LogP contribution is 2.23. The maximum atomic E-state index is 12.4. The molecule has 0 bridgehead atoms. The van der Waals surface area contributed by atoms with E-state index in [9.17, 15) is 14.4 Å². The Hall–Kier alpha value is -2.47. The molecule has 1 aromatic heterocycles. The first-order chi connectivity index (χ1) is 10.0. The molecular weight excluding hydrogens is 294 g/mol. The third-order valence-electron chi connectivity index (χ3n) is 3.12. The number of halogens is 1. The Kier molecular flexibility index (Phi) is 3.31. The molecule has 3 amide bonds. The van der Waals surface area contributed by atoms with Crippen molar-refractivity contribution in [1.29, 1.82) is 0 Å². The van der Waals surface area contributed by atoms with E-state index in [4.69, 9.17) is 11.6 Å². The molecule has 7 heteroatoms. The number of benzene rings is 1. The van der Waals surface area contributed by atoms with Gasteiger partial charge in [0.25, 0.3) is 5.91 Å². The minimum atomic E-state index is -0.508. The fourth-order valence-electron chi connectivity index (χ4n) is 2.19. The van der Waals surface area contributed by atoms with Gasteiger partial charge in [0, 0.05) is 5.39 Å². The van der Waals surface area contributed by atoms with Gasteiger partial charge in [-0.1, -0.05) is 29.8 Å². The van der Waals surface area contributed by atoms with Crippen molar-refractivity contribution in [1.82, 2.24) is 15.2 Å². The van der Waals surface area contributed by atoms with E-state index in [0.717, 1.165) is 10.3 Å². The van der Waals surface area contributed by atoms with E-state index >= 15 is 0 Å². The molecule has 0 atom stereocenters. The van der Waals surface area contributed by atoms with E-state index in [0.29, 0.717) is 10.5 Å². The molecule has 3 rings (SSSR count). The molecule has 21 heavy (non-hydrogen) atoms. The predicted octanol–water partition coefficient (Wildman–Crippen LogP) is 0.987. The summed E-state index contributed by atoms with van der Waals surface area (Å²) >= 11 is 6.15. The second kappa shape index (κ2) is 5.14. The average Bonchev–Trinajstić information content (AvgIpc) is 2.45. The first kappa shape index (κ1) is 13.5. The number of carbonyl (C=O) groups excluding carboxylic acids is 3. The lowest BCUT2D eigenvalue weighted by atomic mass is 10.2. The van der Waals surface area contributed by atoms with Crippen molar-refractivity contribution < 1.29 is 14.4 Å². The summed E-state index contributed by atoms with van der Waals surface area (Å²) in [4.78, 5) is 40.4. The summed E-state index contributed by atoms with van der Waals surface area (Å²) in [6.07, 6.45) is 0. The van der Waals surface area contributed by atoms with Crippen LogP contribution >= 0.6 is 11.6 Å². The number of imide groups is 1. The number of fused-ring (bicyclic) bond motifs is 1. The summed E-state index contributed by atoms with van der Waals surface area (Å²) in [5.41, 5.74) is 0.697. The van der Waals surface area contributed by atoms with Crippen LogP contribution in [0.1, 0.15) is 10.5 Å². The molecule has 1 aliphatic rings. The topological polar surface area (TPSA) is 79.4 Å². The molecule has 1 aromatic carbocycles. The Morgan fingerprint density at radius 3 is 2.57 bits per heavy atom. The Balaban J connectivity index is 1.98. The second-order valence-corrected chi connectivity index (χ2v) is 5.05. The van der Waals surface area contributed by atoms with Gasteiger partial charge in [0.15, 0.2) is 0 Å². The normalized spacial score (nSPS) is 15.2. The number of nitrogens with zero attached hydrogens (tertiary/aromatic N) is 2. The number of pyridine rings is 1. The number of piperazine rings is 1. The lowest BCUT2D eigenvalue weighted by molar-refractivity contribution is -0.135. The fourth-order valence-corrected chi connectivity index (χ4v) is 2.45. The molecule has 0 unspecified atom stereocenters. The monoisotopic (exact) mass is 303 g/mol. The van der Waals surface area contributed by atoms with Crippen molar-refractivity contribution >= 4 is 40.2 Å². The fraction of sp³-hybridized carbons (Fsp3) is 0.143. The molecule has 0 aliphatic carbocycles. The predicted molar refractivity (Wildman–Crippen MR) is 75.8 cm³/mol. The average molecular weight is 304 g/mol. The van der Waals surface area contributed by atoms with E-state index < -0.39 is 17.7 Å². The van der Waals surface area contributed by atoms with Gasteiger partial charge in [-0.25, -0.2) is 4.98 Å². The van der Waals surface area contributed by atoms with E-state index in [2.05, 4.69) is 10.3 Å². The summed E-state index contributed by atoms with van der Waals surface area (Å²) in [5, 5.41) is 3.28. The van der Waals surface area contributed by atoms with Crippen LogP contribution in [0.3, 0.4) is 0 Å². The van der Waals surface area contributed by atoms with Gasteiger partial charge >= 0.3 is 0 Å². The molecular formula is C14H10ClN3O3. The Morgan fingerprint density at radius 2 is 1.86 bits per heavy atom. The van der Waals surface area contributed by atoms with E-state index in [-0.39, 0.29) is 18.8 Å². The minimum absolute atomic E-state index is 0.112. The number of nitrogens with one attached hydrogen (secondary N) is 1. The van der Waals surface area contributed by atoms with Crippen LogP contribution in [-0.2, 0) is 9.59 Å². The Bertz CT molecular complexity index is 759. The lowest BCUT2D eigenvalue weighted by Crippen LogP contribution is -2.53. The molecule has 1 saturated heterocycles. The Labute approximate surface area is 124 Å². The van der Waals surface area contributed by atoms with Crippen molar-refractivity contribution in [3.05, 3.63) is 41.0 Å². The van der Waals surface area contributed by atoms with Gasteiger partial charge in [0.2, 0.25) is 11.8 Å². The zero-order valence-electron chi connectivity index (χ0n) is 10.8. The molecule has 0 saturated carbocycles. The quantitative estimate of drug-likeness (QED) is 0.797. The van der Waals surface area contributed by atoms with Crippen LogP contribution in [0.15, 0.2) is 30.3 Å². The van der Waals surface area contributed by atoms with Crippen LogP contribution in [0.2, 0.25) is 5.02 Å². The van der Waals surface area contributed by atoms with Crippen molar-refractivity contribution in [3.63, 3.8) is 0 Å². The van der Waals surface area contributed by atoms with Crippen molar-refractivity contribution in [2.75, 3.05) is 13.1 Å². The molecule has 2 aromatic rings. The molecule has 2 heterocycles. The van der Waals surface area contributed by atoms with Gasteiger partial charge in [-0.2, -0.15) is 0 Å². The van der Waals surface area contributed by atoms with Crippen LogP contribution in [0, 0.1) is 0 Å². The highest BCUT2D eigenvalue weighted by molar-refractivity contribution is 6.35. The van der Waals surface area contributed by atoms with Gasteiger partial charge in [-0.15, -0.1) is 0 Å². The van der Waals surface area contributed by atoms with Crippen LogP contribution in [0.4, 0.5) is 0 Å². The highest BCUT2D eigenvalue weighted by Gasteiger charge is 2.28. The zero-order valence-corrected chi connectivity index (χ0v) is 11.6. The maximum absolute atomic E-state index is 12.4. The van der Waals surface area contributed by atoms with Crippen LogP contribution in [0.5, 0.6) is 0 Å². The largest absolute Gasteiger partial charge is 0.319 e. The molecule has 0 radical (unpaired) electrons. The summed E-state index contributed by atoms with van der Waals surface area (Å²) in [6.45, 7) is -0.340. The third-order valence-corrected chi connectivity index (χ3v) is 3.43. The number of carbonyl (C=O) groups is 3. The van der Waals surface area contributed by atoms with E-state index in [1.165, 1.54) is 6.07 Å². The smallest absolute Gasteiger partial charge is 0.273 e. The van der Waals surface area contributed by atoms with Gasteiger partial charge in [-0.3, -0.25) is 19.7 Å². The number of hydrogen-bond acceptors (Lipinski definition) is 4. The zero-order chi connectivity index (χ0) is 15.0. The van der Waals surface area contributed by atoms with Crippen LogP contribution < -0.4 is 5.32 Å². The van der Waals surface area contributed by atoms with Crippen molar-refractivity contribution in [2.45, 2.75) is 0 Å². The minimum Gasteiger partial charge on any atom is -0.319 e. The summed E-state index contributed by atoms with van der Waals surface area (Å²) < 4.78 is 0. The van der Waals surface area contributed by atoms with E-state index in [1.54, 1.807) is 18.2 Å². The van der Waals surface area contributed by atoms with E-state index in [1.807, 2.05) is 6.07 Å². The lowest BCUT2D eigenvalue weighted by Gasteiger charge is -2.25. The number of para-hydroxylation sites is 1. The van der Waals surface area contributed by atoms with Gasteiger partial charge < -0.3 is 4.90 Å². The maximum Gasteiger partial charge on any atom is 0.273 e. The number of hydrogen-bond donors (Lipinski definition) is 1. The number of aromatic nitrogens is 1. The van der Waals surface area contributed by atoms with Crippen molar-refractivity contribution in [3.8, 4) is 0 Å². The molecule has 1 N–H and O–H groups in total. The molecule has 1 aliphatic heterocycles. The molecule has 1 fully saturated rings. The highest BCUT2D eigenvalue weighted by atomic mass is 35.5. The molecule has 106 valence electrons.